The average Bonchev–Trinajstić information content (AvgIpc) is 2.26. The minimum atomic E-state index is -0.320. The molecule has 1 aromatic carbocycles. The maximum absolute atomic E-state index is 11.5. The molecule has 0 radical (unpaired) electrons. The highest BCUT2D eigenvalue weighted by Crippen LogP contribution is 2.33. The smallest absolute Gasteiger partial charge is 0.336 e. The van der Waals surface area contributed by atoms with Crippen molar-refractivity contribution in [3.05, 3.63) is 37.2 Å². The van der Waals surface area contributed by atoms with Gasteiger partial charge in [-0.05, 0) is 61.9 Å². The molecule has 0 bridgehead atoms. The van der Waals surface area contributed by atoms with Gasteiger partial charge >= 0.3 is 5.63 Å². The number of hydrogen-bond acceptors (Lipinski definition) is 3. The first-order valence-corrected chi connectivity index (χ1v) is 6.88. The van der Waals surface area contributed by atoms with E-state index in [1.54, 1.807) is 0 Å². The average molecular weight is 358 g/mol. The van der Waals surface area contributed by atoms with Gasteiger partial charge in [0.25, 0.3) is 0 Å². The second kappa shape index (κ2) is 4.91. The standard InChI is InChI=1S/C14H15IO3/c1-7(2)17-14-9(4)13-10(6-11(14)15)8(3)5-12(16)18-13/h5-7H,1-4H3. The summed E-state index contributed by atoms with van der Waals surface area (Å²) in [5, 5.41) is 0.965. The van der Waals surface area contributed by atoms with Crippen LogP contribution in [0.1, 0.15) is 25.0 Å². The van der Waals surface area contributed by atoms with Crippen LogP contribution in [0.5, 0.6) is 5.75 Å². The van der Waals surface area contributed by atoms with Crippen LogP contribution in [0, 0.1) is 17.4 Å². The van der Waals surface area contributed by atoms with Crippen molar-refractivity contribution in [2.45, 2.75) is 33.8 Å². The molecule has 0 saturated carbocycles. The van der Waals surface area contributed by atoms with E-state index in [1.165, 1.54) is 6.07 Å². The molecule has 0 amide bonds. The molecule has 0 spiro atoms. The van der Waals surface area contributed by atoms with Gasteiger partial charge in [0.15, 0.2) is 0 Å². The Balaban J connectivity index is 2.80. The van der Waals surface area contributed by atoms with Gasteiger partial charge in [-0.25, -0.2) is 4.79 Å². The lowest BCUT2D eigenvalue weighted by Crippen LogP contribution is -2.09. The Morgan fingerprint density at radius 3 is 2.56 bits per heavy atom. The second-order valence-corrected chi connectivity index (χ2v) is 5.77. The number of benzene rings is 1. The van der Waals surface area contributed by atoms with Crippen LogP contribution in [0.15, 0.2) is 21.3 Å². The summed E-state index contributed by atoms with van der Waals surface area (Å²) in [7, 11) is 0. The maximum Gasteiger partial charge on any atom is 0.336 e. The molecule has 0 aliphatic rings. The third kappa shape index (κ3) is 2.39. The van der Waals surface area contributed by atoms with Gasteiger partial charge in [0.1, 0.15) is 11.3 Å². The van der Waals surface area contributed by atoms with Crippen molar-refractivity contribution in [3.8, 4) is 5.75 Å². The fourth-order valence-corrected chi connectivity index (χ4v) is 2.77. The summed E-state index contributed by atoms with van der Waals surface area (Å²) >= 11 is 2.25. The van der Waals surface area contributed by atoms with E-state index in [1.807, 2.05) is 33.8 Å². The monoisotopic (exact) mass is 358 g/mol. The van der Waals surface area contributed by atoms with E-state index in [0.29, 0.717) is 5.58 Å². The fraction of sp³-hybridized carbons (Fsp3) is 0.357. The van der Waals surface area contributed by atoms with Gasteiger partial charge in [-0.3, -0.25) is 0 Å². The molecule has 1 aromatic heterocycles. The van der Waals surface area contributed by atoms with Crippen molar-refractivity contribution in [1.82, 2.24) is 0 Å². The SMILES string of the molecule is Cc1cc(=O)oc2c(C)c(OC(C)C)c(I)cc12. The van der Waals surface area contributed by atoms with E-state index in [9.17, 15) is 4.79 Å². The van der Waals surface area contributed by atoms with E-state index in [4.69, 9.17) is 9.15 Å². The zero-order chi connectivity index (χ0) is 13.4. The van der Waals surface area contributed by atoms with Crippen LogP contribution >= 0.6 is 22.6 Å². The Kier molecular flexibility index (Phi) is 3.66. The van der Waals surface area contributed by atoms with Crippen LogP contribution in [0.25, 0.3) is 11.0 Å². The predicted molar refractivity (Wildman–Crippen MR) is 80.4 cm³/mol. The van der Waals surface area contributed by atoms with Crippen molar-refractivity contribution in [1.29, 1.82) is 0 Å². The molecule has 0 saturated heterocycles. The Bertz CT molecular complexity index is 656. The van der Waals surface area contributed by atoms with Crippen molar-refractivity contribution in [2.24, 2.45) is 0 Å². The zero-order valence-electron chi connectivity index (χ0n) is 10.8. The molecule has 0 fully saturated rings. The van der Waals surface area contributed by atoms with Crippen LogP contribution in [0.3, 0.4) is 0 Å². The van der Waals surface area contributed by atoms with Crippen molar-refractivity contribution in [2.75, 3.05) is 0 Å². The molecule has 18 heavy (non-hydrogen) atoms. The molecule has 0 unspecified atom stereocenters. The third-order valence-electron chi connectivity index (χ3n) is 2.73. The second-order valence-electron chi connectivity index (χ2n) is 4.60. The summed E-state index contributed by atoms with van der Waals surface area (Å²) < 4.78 is 12.1. The number of fused-ring (bicyclic) bond motifs is 1. The van der Waals surface area contributed by atoms with Gasteiger partial charge in [0, 0.05) is 17.0 Å². The molecular formula is C14H15IO3. The lowest BCUT2D eigenvalue weighted by atomic mass is 10.1. The highest BCUT2D eigenvalue weighted by atomic mass is 127. The quantitative estimate of drug-likeness (QED) is 0.606. The third-order valence-corrected chi connectivity index (χ3v) is 3.53. The molecule has 0 atom stereocenters. The van der Waals surface area contributed by atoms with Gasteiger partial charge in [-0.15, -0.1) is 0 Å². The molecule has 3 nitrogen and oxygen atoms in total. The van der Waals surface area contributed by atoms with Crippen molar-refractivity contribution >= 4 is 33.6 Å². The molecule has 0 aliphatic heterocycles. The van der Waals surface area contributed by atoms with E-state index >= 15 is 0 Å². The van der Waals surface area contributed by atoms with Gasteiger partial charge in [0.2, 0.25) is 0 Å². The first-order chi connectivity index (χ1) is 8.40. The minimum Gasteiger partial charge on any atom is -0.489 e. The summed E-state index contributed by atoms with van der Waals surface area (Å²) in [4.78, 5) is 11.5. The molecule has 2 rings (SSSR count). The molecule has 2 aromatic rings. The van der Waals surface area contributed by atoms with Crippen LogP contribution < -0.4 is 10.4 Å². The number of aryl methyl sites for hydroxylation is 2. The predicted octanol–water partition coefficient (Wildman–Crippen LogP) is 3.80. The molecular weight excluding hydrogens is 343 g/mol. The molecule has 1 heterocycles. The lowest BCUT2D eigenvalue weighted by Gasteiger charge is -2.15. The summed E-state index contributed by atoms with van der Waals surface area (Å²) in [6, 6.07) is 3.51. The Hall–Kier alpha value is -1.04. The highest BCUT2D eigenvalue weighted by molar-refractivity contribution is 14.1. The van der Waals surface area contributed by atoms with E-state index < -0.39 is 0 Å². The lowest BCUT2D eigenvalue weighted by molar-refractivity contribution is 0.239. The van der Waals surface area contributed by atoms with E-state index in [-0.39, 0.29) is 11.7 Å². The molecule has 0 aliphatic carbocycles. The summed E-state index contributed by atoms with van der Waals surface area (Å²) in [5.74, 6) is 0.798. The van der Waals surface area contributed by atoms with Gasteiger partial charge in [-0.1, -0.05) is 0 Å². The first kappa shape index (κ1) is 13.4. The first-order valence-electron chi connectivity index (χ1n) is 5.80. The van der Waals surface area contributed by atoms with Crippen LogP contribution in [-0.4, -0.2) is 6.10 Å². The van der Waals surface area contributed by atoms with E-state index in [2.05, 4.69) is 22.6 Å². The van der Waals surface area contributed by atoms with Gasteiger partial charge in [-0.2, -0.15) is 0 Å². The number of halogens is 1. The molecule has 4 heteroatoms. The van der Waals surface area contributed by atoms with Gasteiger partial charge in [0.05, 0.1) is 9.67 Å². The fourth-order valence-electron chi connectivity index (χ4n) is 1.93. The van der Waals surface area contributed by atoms with Crippen molar-refractivity contribution in [3.63, 3.8) is 0 Å². The minimum absolute atomic E-state index is 0.0891. The normalized spacial score (nSPS) is 11.2. The summed E-state index contributed by atoms with van der Waals surface area (Å²) in [6.45, 7) is 7.79. The number of ether oxygens (including phenoxy) is 1. The largest absolute Gasteiger partial charge is 0.489 e. The summed E-state index contributed by atoms with van der Waals surface area (Å²) in [5.41, 5.74) is 2.11. The highest BCUT2D eigenvalue weighted by Gasteiger charge is 2.15. The molecule has 0 N–H and O–H groups in total. The van der Waals surface area contributed by atoms with E-state index in [0.717, 1.165) is 25.8 Å². The van der Waals surface area contributed by atoms with Crippen molar-refractivity contribution < 1.29 is 9.15 Å². The van der Waals surface area contributed by atoms with Crippen LogP contribution in [0.2, 0.25) is 0 Å². The topological polar surface area (TPSA) is 39.4 Å². The number of rotatable bonds is 2. The molecule has 96 valence electrons. The zero-order valence-corrected chi connectivity index (χ0v) is 13.0. The van der Waals surface area contributed by atoms with Gasteiger partial charge < -0.3 is 9.15 Å². The Labute approximate surface area is 119 Å². The maximum atomic E-state index is 11.5. The summed E-state index contributed by atoms with van der Waals surface area (Å²) in [6.07, 6.45) is 0.0891. The van der Waals surface area contributed by atoms with Crippen LogP contribution in [0.4, 0.5) is 0 Å². The van der Waals surface area contributed by atoms with Crippen LogP contribution in [-0.2, 0) is 0 Å². The Morgan fingerprint density at radius 1 is 1.28 bits per heavy atom. The number of hydrogen-bond donors (Lipinski definition) is 0. The Morgan fingerprint density at radius 2 is 1.94 bits per heavy atom.